The molecule has 0 atom stereocenters. The SMILES string of the molecule is CC(C)(C)NC(=O)NCC(N)=S. The maximum atomic E-state index is 11.0. The van der Waals surface area contributed by atoms with E-state index in [4.69, 9.17) is 5.73 Å². The number of nitrogens with one attached hydrogen (secondary N) is 2. The smallest absolute Gasteiger partial charge is 0.315 e. The third-order valence-electron chi connectivity index (χ3n) is 0.912. The van der Waals surface area contributed by atoms with Crippen molar-refractivity contribution in [1.29, 1.82) is 0 Å². The molecule has 0 saturated carbocycles. The van der Waals surface area contributed by atoms with E-state index in [0.717, 1.165) is 0 Å². The highest BCUT2D eigenvalue weighted by Crippen LogP contribution is 1.96. The van der Waals surface area contributed by atoms with Crippen molar-refractivity contribution in [2.75, 3.05) is 6.54 Å². The van der Waals surface area contributed by atoms with Crippen LogP contribution in [0.25, 0.3) is 0 Å². The van der Waals surface area contributed by atoms with E-state index in [0.29, 0.717) is 0 Å². The summed E-state index contributed by atoms with van der Waals surface area (Å²) in [4.78, 5) is 11.3. The molecule has 4 N–H and O–H groups in total. The predicted molar refractivity (Wildman–Crippen MR) is 53.1 cm³/mol. The van der Waals surface area contributed by atoms with Gasteiger partial charge in [-0.3, -0.25) is 0 Å². The summed E-state index contributed by atoms with van der Waals surface area (Å²) < 4.78 is 0. The monoisotopic (exact) mass is 189 g/mol. The van der Waals surface area contributed by atoms with Gasteiger partial charge < -0.3 is 16.4 Å². The normalized spacial score (nSPS) is 10.6. The molecule has 0 aromatic carbocycles. The first-order valence-electron chi connectivity index (χ1n) is 3.65. The Hall–Kier alpha value is -0.840. The van der Waals surface area contributed by atoms with E-state index in [2.05, 4.69) is 22.9 Å². The van der Waals surface area contributed by atoms with Gasteiger partial charge >= 0.3 is 6.03 Å². The number of rotatable bonds is 2. The number of carbonyl (C=O) groups excluding carboxylic acids is 1. The van der Waals surface area contributed by atoms with Crippen molar-refractivity contribution in [2.24, 2.45) is 5.73 Å². The average molecular weight is 189 g/mol. The highest BCUT2D eigenvalue weighted by molar-refractivity contribution is 7.80. The minimum atomic E-state index is -0.254. The van der Waals surface area contributed by atoms with Crippen LogP contribution < -0.4 is 16.4 Å². The van der Waals surface area contributed by atoms with Crippen molar-refractivity contribution < 1.29 is 4.79 Å². The molecule has 0 aliphatic heterocycles. The standard InChI is InChI=1S/C7H15N3OS/c1-7(2,3)10-6(11)9-4-5(8)12/h4H2,1-3H3,(H2,8,12)(H2,9,10,11). The van der Waals surface area contributed by atoms with Crippen LogP contribution in [0, 0.1) is 0 Å². The number of thiocarbonyl (C=S) groups is 1. The maximum absolute atomic E-state index is 11.0. The largest absolute Gasteiger partial charge is 0.392 e. The number of urea groups is 1. The van der Waals surface area contributed by atoms with E-state index in [1.807, 2.05) is 20.8 Å². The fraction of sp³-hybridized carbons (Fsp3) is 0.714. The maximum Gasteiger partial charge on any atom is 0.315 e. The summed E-state index contributed by atoms with van der Waals surface area (Å²) >= 11 is 4.59. The zero-order valence-electron chi connectivity index (χ0n) is 7.60. The van der Waals surface area contributed by atoms with Crippen molar-refractivity contribution in [2.45, 2.75) is 26.3 Å². The zero-order valence-corrected chi connectivity index (χ0v) is 8.42. The second kappa shape index (κ2) is 4.25. The van der Waals surface area contributed by atoms with Gasteiger partial charge in [0, 0.05) is 5.54 Å². The van der Waals surface area contributed by atoms with Crippen molar-refractivity contribution in [1.82, 2.24) is 10.6 Å². The molecule has 2 amide bonds. The molecule has 5 heteroatoms. The molecule has 0 bridgehead atoms. The summed E-state index contributed by atoms with van der Waals surface area (Å²) in [5, 5.41) is 5.23. The van der Waals surface area contributed by atoms with Crippen molar-refractivity contribution in [3.63, 3.8) is 0 Å². The van der Waals surface area contributed by atoms with Crippen LogP contribution in [0.5, 0.6) is 0 Å². The number of amides is 2. The van der Waals surface area contributed by atoms with E-state index < -0.39 is 0 Å². The first-order valence-corrected chi connectivity index (χ1v) is 4.06. The Labute approximate surface area is 77.9 Å². The minimum absolute atomic E-state index is 0.233. The Balaban J connectivity index is 3.68. The Morgan fingerprint density at radius 3 is 2.33 bits per heavy atom. The van der Waals surface area contributed by atoms with E-state index in [9.17, 15) is 4.79 Å². The van der Waals surface area contributed by atoms with Crippen molar-refractivity contribution >= 4 is 23.2 Å². The molecule has 0 spiro atoms. The summed E-state index contributed by atoms with van der Waals surface area (Å²) in [6, 6.07) is -0.254. The number of hydrogen-bond donors (Lipinski definition) is 3. The van der Waals surface area contributed by atoms with E-state index in [1.54, 1.807) is 0 Å². The fourth-order valence-corrected chi connectivity index (χ4v) is 0.624. The van der Waals surface area contributed by atoms with Gasteiger partial charge in [0.15, 0.2) is 0 Å². The Morgan fingerprint density at radius 1 is 1.50 bits per heavy atom. The van der Waals surface area contributed by atoms with Gasteiger partial charge in [0.2, 0.25) is 0 Å². The molecule has 4 nitrogen and oxygen atoms in total. The van der Waals surface area contributed by atoms with Gasteiger partial charge in [-0.2, -0.15) is 0 Å². The van der Waals surface area contributed by atoms with Crippen LogP contribution >= 0.6 is 12.2 Å². The third-order valence-corrected chi connectivity index (χ3v) is 1.06. The Bertz CT molecular complexity index is 186. The molecule has 70 valence electrons. The van der Waals surface area contributed by atoms with Gasteiger partial charge in [0.05, 0.1) is 11.5 Å². The van der Waals surface area contributed by atoms with Crippen LogP contribution in [0.2, 0.25) is 0 Å². The zero-order chi connectivity index (χ0) is 9.78. The second-order valence-electron chi connectivity index (χ2n) is 3.52. The summed E-state index contributed by atoms with van der Waals surface area (Å²) in [5.74, 6) is 0. The van der Waals surface area contributed by atoms with Crippen LogP contribution in [0.15, 0.2) is 0 Å². The van der Waals surface area contributed by atoms with Crippen LogP contribution in [-0.4, -0.2) is 23.1 Å². The second-order valence-corrected chi connectivity index (χ2v) is 4.05. The summed E-state index contributed by atoms with van der Waals surface area (Å²) in [7, 11) is 0. The molecular formula is C7H15N3OS. The molecule has 0 radical (unpaired) electrons. The van der Waals surface area contributed by atoms with Crippen LogP contribution in [0.3, 0.4) is 0 Å². The molecule has 0 fully saturated rings. The van der Waals surface area contributed by atoms with Gasteiger partial charge in [0.1, 0.15) is 0 Å². The van der Waals surface area contributed by atoms with Gasteiger partial charge in [0.25, 0.3) is 0 Å². The van der Waals surface area contributed by atoms with Gasteiger partial charge in [-0.15, -0.1) is 0 Å². The quantitative estimate of drug-likeness (QED) is 0.550. The molecule has 0 unspecified atom stereocenters. The number of nitrogens with two attached hydrogens (primary N) is 1. The molecule has 0 saturated heterocycles. The van der Waals surface area contributed by atoms with Gasteiger partial charge in [-0.1, -0.05) is 12.2 Å². The lowest BCUT2D eigenvalue weighted by Gasteiger charge is -2.20. The summed E-state index contributed by atoms with van der Waals surface area (Å²) in [5.41, 5.74) is 4.96. The minimum Gasteiger partial charge on any atom is -0.392 e. The van der Waals surface area contributed by atoms with Crippen LogP contribution in [0.4, 0.5) is 4.79 Å². The predicted octanol–water partition coefficient (Wildman–Crippen LogP) is 0.370. The highest BCUT2D eigenvalue weighted by atomic mass is 32.1. The van der Waals surface area contributed by atoms with Crippen molar-refractivity contribution in [3.8, 4) is 0 Å². The Kier molecular flexibility index (Phi) is 3.95. The van der Waals surface area contributed by atoms with E-state index in [-0.39, 0.29) is 23.1 Å². The molecule has 0 aromatic rings. The lowest BCUT2D eigenvalue weighted by Crippen LogP contribution is -2.48. The average Bonchev–Trinajstić information content (AvgIpc) is 1.79. The third kappa shape index (κ3) is 7.27. The summed E-state index contributed by atoms with van der Waals surface area (Å²) in [6.45, 7) is 5.92. The number of hydrogen-bond acceptors (Lipinski definition) is 2. The number of carbonyl (C=O) groups is 1. The van der Waals surface area contributed by atoms with E-state index in [1.165, 1.54) is 0 Å². The van der Waals surface area contributed by atoms with E-state index >= 15 is 0 Å². The fourth-order valence-electron chi connectivity index (χ4n) is 0.552. The highest BCUT2D eigenvalue weighted by Gasteiger charge is 2.12. The Morgan fingerprint density at radius 2 is 2.00 bits per heavy atom. The van der Waals surface area contributed by atoms with Gasteiger partial charge in [-0.05, 0) is 20.8 Å². The van der Waals surface area contributed by atoms with Crippen molar-refractivity contribution in [3.05, 3.63) is 0 Å². The first kappa shape index (κ1) is 11.2. The molecule has 0 aliphatic carbocycles. The lowest BCUT2D eigenvalue weighted by atomic mass is 10.1. The molecule has 12 heavy (non-hydrogen) atoms. The lowest BCUT2D eigenvalue weighted by molar-refractivity contribution is 0.233. The molecule has 0 aromatic heterocycles. The topological polar surface area (TPSA) is 67.2 Å². The molecule has 0 rings (SSSR count). The first-order chi connectivity index (χ1) is 5.31. The molecule has 0 heterocycles. The van der Waals surface area contributed by atoms with Gasteiger partial charge in [-0.25, -0.2) is 4.79 Å². The molecular weight excluding hydrogens is 174 g/mol. The summed E-state index contributed by atoms with van der Waals surface area (Å²) in [6.07, 6.45) is 0. The van der Waals surface area contributed by atoms with Crippen LogP contribution in [0.1, 0.15) is 20.8 Å². The molecule has 0 aliphatic rings. The van der Waals surface area contributed by atoms with Crippen LogP contribution in [-0.2, 0) is 0 Å².